The van der Waals surface area contributed by atoms with Gasteiger partial charge in [-0.15, -0.1) is 0 Å². The molecule has 3 rings (SSSR count). The standard InChI is InChI=1S/C22H22F2N2O3S/c1-4-17-11-15(10-14(3)25-17)19-13-18(26-30(27,28)5-2)7-9-21(19)29-22-8-6-16(23)12-20(22)24/h6-13,26H,4-5H2,1-3H3. The first-order chi connectivity index (χ1) is 14.2. The Hall–Kier alpha value is -3.00. The number of rotatable bonds is 7. The second-order valence-electron chi connectivity index (χ2n) is 6.74. The van der Waals surface area contributed by atoms with Crippen LogP contribution in [0.15, 0.2) is 48.5 Å². The molecule has 0 fully saturated rings. The highest BCUT2D eigenvalue weighted by Gasteiger charge is 2.15. The summed E-state index contributed by atoms with van der Waals surface area (Å²) in [4.78, 5) is 4.46. The van der Waals surface area contributed by atoms with E-state index in [1.165, 1.54) is 19.1 Å². The van der Waals surface area contributed by atoms with Crippen molar-refractivity contribution in [1.82, 2.24) is 4.98 Å². The maximum Gasteiger partial charge on any atom is 0.232 e. The van der Waals surface area contributed by atoms with Gasteiger partial charge in [-0.2, -0.15) is 0 Å². The number of pyridine rings is 1. The predicted octanol–water partition coefficient (Wildman–Crippen LogP) is 5.45. The van der Waals surface area contributed by atoms with Crippen LogP contribution < -0.4 is 9.46 Å². The van der Waals surface area contributed by atoms with Crippen LogP contribution in [-0.4, -0.2) is 19.2 Å². The first-order valence-corrected chi connectivity index (χ1v) is 11.1. The van der Waals surface area contributed by atoms with Crippen molar-refractivity contribution in [2.75, 3.05) is 10.5 Å². The number of sulfonamides is 1. The Morgan fingerprint density at radius 3 is 2.40 bits per heavy atom. The van der Waals surface area contributed by atoms with Gasteiger partial charge in [-0.1, -0.05) is 6.92 Å². The zero-order valence-corrected chi connectivity index (χ0v) is 17.7. The third-order valence-electron chi connectivity index (χ3n) is 4.43. The number of anilines is 1. The number of nitrogens with one attached hydrogen (secondary N) is 1. The average molecular weight is 432 g/mol. The van der Waals surface area contributed by atoms with E-state index >= 15 is 0 Å². The van der Waals surface area contributed by atoms with Crippen LogP contribution in [0.5, 0.6) is 11.5 Å². The molecule has 1 aromatic heterocycles. The zero-order valence-electron chi connectivity index (χ0n) is 16.9. The molecule has 0 bridgehead atoms. The number of hydrogen-bond acceptors (Lipinski definition) is 4. The topological polar surface area (TPSA) is 68.3 Å². The average Bonchev–Trinajstić information content (AvgIpc) is 2.70. The lowest BCUT2D eigenvalue weighted by Crippen LogP contribution is -2.14. The quantitative estimate of drug-likeness (QED) is 0.539. The predicted molar refractivity (Wildman–Crippen MR) is 113 cm³/mol. The van der Waals surface area contributed by atoms with Crippen LogP contribution in [0.4, 0.5) is 14.5 Å². The smallest absolute Gasteiger partial charge is 0.232 e. The van der Waals surface area contributed by atoms with E-state index in [-0.39, 0.29) is 11.5 Å². The molecule has 0 atom stereocenters. The lowest BCUT2D eigenvalue weighted by atomic mass is 10.0. The van der Waals surface area contributed by atoms with Gasteiger partial charge in [-0.3, -0.25) is 9.71 Å². The Kier molecular flexibility index (Phi) is 6.36. The summed E-state index contributed by atoms with van der Waals surface area (Å²) in [7, 11) is -3.48. The van der Waals surface area contributed by atoms with Crippen LogP contribution in [0.2, 0.25) is 0 Å². The molecule has 0 aliphatic heterocycles. The Morgan fingerprint density at radius 2 is 1.73 bits per heavy atom. The van der Waals surface area contributed by atoms with Crippen molar-refractivity contribution in [3.63, 3.8) is 0 Å². The van der Waals surface area contributed by atoms with Crippen molar-refractivity contribution < 1.29 is 21.9 Å². The second kappa shape index (κ2) is 8.79. The zero-order chi connectivity index (χ0) is 21.9. The van der Waals surface area contributed by atoms with E-state index in [0.717, 1.165) is 29.1 Å². The van der Waals surface area contributed by atoms with E-state index in [1.807, 2.05) is 26.0 Å². The van der Waals surface area contributed by atoms with Crippen molar-refractivity contribution in [2.45, 2.75) is 27.2 Å². The number of aryl methyl sites for hydroxylation is 2. The molecule has 1 heterocycles. The summed E-state index contributed by atoms with van der Waals surface area (Å²) < 4.78 is 59.6. The molecule has 1 N–H and O–H groups in total. The molecule has 0 spiro atoms. The first kappa shape index (κ1) is 21.7. The van der Waals surface area contributed by atoms with E-state index in [1.54, 1.807) is 12.1 Å². The van der Waals surface area contributed by atoms with Gasteiger partial charge in [0.1, 0.15) is 11.6 Å². The molecule has 0 unspecified atom stereocenters. The van der Waals surface area contributed by atoms with Crippen molar-refractivity contribution >= 4 is 15.7 Å². The van der Waals surface area contributed by atoms with E-state index in [2.05, 4.69) is 9.71 Å². The lowest BCUT2D eigenvalue weighted by Gasteiger charge is -2.15. The Balaban J connectivity index is 2.12. The van der Waals surface area contributed by atoms with Gasteiger partial charge in [0, 0.05) is 28.7 Å². The van der Waals surface area contributed by atoms with Crippen molar-refractivity contribution in [1.29, 1.82) is 0 Å². The summed E-state index contributed by atoms with van der Waals surface area (Å²) in [6, 6.07) is 11.5. The molecule has 0 aliphatic carbocycles. The van der Waals surface area contributed by atoms with Crippen LogP contribution in [0, 0.1) is 18.6 Å². The summed E-state index contributed by atoms with van der Waals surface area (Å²) in [5.74, 6) is -1.46. The molecular weight excluding hydrogens is 410 g/mol. The summed E-state index contributed by atoms with van der Waals surface area (Å²) in [5.41, 5.74) is 3.28. The molecule has 8 heteroatoms. The molecule has 3 aromatic rings. The summed E-state index contributed by atoms with van der Waals surface area (Å²) in [6.07, 6.45) is 0.708. The molecule has 2 aromatic carbocycles. The monoisotopic (exact) mass is 432 g/mol. The second-order valence-corrected chi connectivity index (χ2v) is 8.75. The minimum absolute atomic E-state index is 0.0737. The number of aromatic nitrogens is 1. The van der Waals surface area contributed by atoms with Crippen molar-refractivity contribution in [3.8, 4) is 22.6 Å². The number of halogens is 2. The van der Waals surface area contributed by atoms with Gasteiger partial charge in [0.15, 0.2) is 11.6 Å². The first-order valence-electron chi connectivity index (χ1n) is 9.46. The fraction of sp³-hybridized carbons (Fsp3) is 0.227. The largest absolute Gasteiger partial charge is 0.454 e. The summed E-state index contributed by atoms with van der Waals surface area (Å²) in [5, 5.41) is 0. The molecular formula is C22H22F2N2O3S. The van der Waals surface area contributed by atoms with Gasteiger partial charge in [0.05, 0.1) is 5.75 Å². The highest BCUT2D eigenvalue weighted by atomic mass is 32.2. The maximum absolute atomic E-state index is 14.1. The maximum atomic E-state index is 14.1. The van der Waals surface area contributed by atoms with E-state index < -0.39 is 21.7 Å². The van der Waals surface area contributed by atoms with Gasteiger partial charge in [-0.05, 0) is 68.3 Å². The summed E-state index contributed by atoms with van der Waals surface area (Å²) >= 11 is 0. The Morgan fingerprint density at radius 1 is 1.00 bits per heavy atom. The molecule has 0 saturated carbocycles. The molecule has 0 aliphatic rings. The minimum atomic E-state index is -3.48. The van der Waals surface area contributed by atoms with Gasteiger partial charge in [0.25, 0.3) is 0 Å². The fourth-order valence-electron chi connectivity index (χ4n) is 2.91. The lowest BCUT2D eigenvalue weighted by molar-refractivity contribution is 0.439. The fourth-order valence-corrected chi connectivity index (χ4v) is 3.54. The number of benzene rings is 2. The van der Waals surface area contributed by atoms with Crippen molar-refractivity contribution in [2.24, 2.45) is 0 Å². The van der Waals surface area contributed by atoms with Crippen LogP contribution in [0.1, 0.15) is 25.2 Å². The van der Waals surface area contributed by atoms with Crippen LogP contribution in [-0.2, 0) is 16.4 Å². The molecule has 0 saturated heterocycles. The van der Waals surface area contributed by atoms with E-state index in [0.29, 0.717) is 23.4 Å². The van der Waals surface area contributed by atoms with Crippen LogP contribution >= 0.6 is 0 Å². The summed E-state index contributed by atoms with van der Waals surface area (Å²) in [6.45, 7) is 5.37. The molecule has 5 nitrogen and oxygen atoms in total. The minimum Gasteiger partial charge on any atom is -0.454 e. The van der Waals surface area contributed by atoms with Gasteiger partial charge < -0.3 is 4.74 Å². The SMILES string of the molecule is CCc1cc(-c2cc(NS(=O)(=O)CC)ccc2Oc2ccc(F)cc2F)cc(C)n1. The number of nitrogens with zero attached hydrogens (tertiary/aromatic N) is 1. The number of hydrogen-bond donors (Lipinski definition) is 1. The Bertz CT molecular complexity index is 1180. The number of ether oxygens (including phenoxy) is 1. The van der Waals surface area contributed by atoms with Crippen LogP contribution in [0.3, 0.4) is 0 Å². The van der Waals surface area contributed by atoms with Crippen molar-refractivity contribution in [3.05, 3.63) is 71.6 Å². The normalized spacial score (nSPS) is 11.4. The third-order valence-corrected chi connectivity index (χ3v) is 5.73. The van der Waals surface area contributed by atoms with E-state index in [9.17, 15) is 17.2 Å². The van der Waals surface area contributed by atoms with E-state index in [4.69, 9.17) is 4.74 Å². The highest BCUT2D eigenvalue weighted by Crippen LogP contribution is 2.37. The molecule has 158 valence electrons. The van der Waals surface area contributed by atoms with Gasteiger partial charge >= 0.3 is 0 Å². The molecule has 30 heavy (non-hydrogen) atoms. The van der Waals surface area contributed by atoms with Gasteiger partial charge in [-0.25, -0.2) is 17.2 Å². The Labute approximate surface area is 174 Å². The molecule has 0 amide bonds. The third kappa shape index (κ3) is 5.13. The van der Waals surface area contributed by atoms with Crippen LogP contribution in [0.25, 0.3) is 11.1 Å². The van der Waals surface area contributed by atoms with Gasteiger partial charge in [0.2, 0.25) is 10.0 Å². The highest BCUT2D eigenvalue weighted by molar-refractivity contribution is 7.92. The molecule has 0 radical (unpaired) electrons.